The molecule has 1 heterocycles. The van der Waals surface area contributed by atoms with Gasteiger partial charge in [0.1, 0.15) is 0 Å². The molecule has 0 fully saturated rings. The van der Waals surface area contributed by atoms with Crippen molar-refractivity contribution in [2.45, 2.75) is 18.2 Å². The van der Waals surface area contributed by atoms with E-state index in [4.69, 9.17) is 11.6 Å². The third-order valence-corrected chi connectivity index (χ3v) is 6.91. The third kappa shape index (κ3) is 6.93. The van der Waals surface area contributed by atoms with Crippen LogP contribution in [0.25, 0.3) is 11.3 Å². The molecule has 1 aromatic heterocycles. The number of amides is 2. The van der Waals surface area contributed by atoms with E-state index in [-0.39, 0.29) is 24.0 Å². The summed E-state index contributed by atoms with van der Waals surface area (Å²) < 4.78 is 0. The van der Waals surface area contributed by atoms with Crippen LogP contribution in [-0.2, 0) is 16.0 Å². The standard InChI is InChI=1S/C26H22ClN3O2S2/c1-17-2-6-19(7-3-17)23-15-34-26(29-23)30-25(32)16-33-22-12-10-21(11-13-22)28-24(31)14-18-4-8-20(27)9-5-18/h2-13,15H,14,16H2,1H3,(H,28,31)(H,29,30,32). The summed E-state index contributed by atoms with van der Waals surface area (Å²) in [6.45, 7) is 2.04. The molecule has 0 unspecified atom stereocenters. The van der Waals surface area contributed by atoms with Gasteiger partial charge in [-0.1, -0.05) is 53.6 Å². The van der Waals surface area contributed by atoms with E-state index in [1.807, 2.05) is 73.0 Å². The van der Waals surface area contributed by atoms with E-state index in [1.54, 1.807) is 12.1 Å². The van der Waals surface area contributed by atoms with Crippen molar-refractivity contribution in [1.82, 2.24) is 4.98 Å². The summed E-state index contributed by atoms with van der Waals surface area (Å²) >= 11 is 8.71. The average molecular weight is 508 g/mol. The summed E-state index contributed by atoms with van der Waals surface area (Å²) in [7, 11) is 0. The maximum Gasteiger partial charge on any atom is 0.236 e. The molecule has 0 aliphatic carbocycles. The Bertz CT molecular complexity index is 1270. The molecule has 2 amide bonds. The molecule has 4 rings (SSSR count). The molecular formula is C26H22ClN3O2S2. The smallest absolute Gasteiger partial charge is 0.236 e. The third-order valence-electron chi connectivity index (χ3n) is 4.88. The molecule has 0 bridgehead atoms. The second-order valence-electron chi connectivity index (χ2n) is 7.62. The summed E-state index contributed by atoms with van der Waals surface area (Å²) in [4.78, 5) is 30.0. The van der Waals surface area contributed by atoms with Gasteiger partial charge in [-0.3, -0.25) is 9.59 Å². The van der Waals surface area contributed by atoms with Crippen LogP contribution in [0.5, 0.6) is 0 Å². The van der Waals surface area contributed by atoms with E-state index < -0.39 is 0 Å². The second-order valence-corrected chi connectivity index (χ2v) is 9.96. The van der Waals surface area contributed by atoms with Crippen LogP contribution < -0.4 is 10.6 Å². The number of benzene rings is 3. The predicted octanol–water partition coefficient (Wildman–Crippen LogP) is 6.68. The number of aromatic nitrogens is 1. The van der Waals surface area contributed by atoms with E-state index >= 15 is 0 Å². The minimum atomic E-state index is -0.116. The first-order valence-corrected chi connectivity index (χ1v) is 12.8. The summed E-state index contributed by atoms with van der Waals surface area (Å²) in [5, 5.41) is 8.91. The van der Waals surface area contributed by atoms with Gasteiger partial charge in [-0.2, -0.15) is 0 Å². The number of nitrogens with one attached hydrogen (secondary N) is 2. The van der Waals surface area contributed by atoms with Crippen LogP contribution in [0.1, 0.15) is 11.1 Å². The molecule has 0 saturated carbocycles. The Morgan fingerprint density at radius 3 is 2.32 bits per heavy atom. The van der Waals surface area contributed by atoms with Gasteiger partial charge in [0.25, 0.3) is 0 Å². The topological polar surface area (TPSA) is 71.1 Å². The van der Waals surface area contributed by atoms with Crippen molar-refractivity contribution in [2.75, 3.05) is 16.4 Å². The number of carbonyl (C=O) groups is 2. The zero-order valence-corrected chi connectivity index (χ0v) is 20.8. The number of thioether (sulfide) groups is 1. The second kappa shape index (κ2) is 11.3. The van der Waals surface area contributed by atoms with Crippen LogP contribution >= 0.6 is 34.7 Å². The maximum atomic E-state index is 12.4. The van der Waals surface area contributed by atoms with Crippen LogP contribution in [0, 0.1) is 6.92 Å². The lowest BCUT2D eigenvalue weighted by molar-refractivity contribution is -0.115. The van der Waals surface area contributed by atoms with E-state index in [0.29, 0.717) is 15.8 Å². The van der Waals surface area contributed by atoms with Crippen LogP contribution in [-0.4, -0.2) is 22.6 Å². The number of carbonyl (C=O) groups excluding carboxylic acids is 2. The molecule has 0 aliphatic rings. The lowest BCUT2D eigenvalue weighted by atomic mass is 10.1. The van der Waals surface area contributed by atoms with Crippen molar-refractivity contribution in [2.24, 2.45) is 0 Å². The molecule has 0 spiro atoms. The largest absolute Gasteiger partial charge is 0.326 e. The normalized spacial score (nSPS) is 10.6. The number of halogens is 1. The highest BCUT2D eigenvalue weighted by Gasteiger charge is 2.09. The number of thiazole rings is 1. The van der Waals surface area contributed by atoms with Crippen molar-refractivity contribution >= 4 is 57.3 Å². The molecule has 5 nitrogen and oxygen atoms in total. The van der Waals surface area contributed by atoms with Crippen molar-refractivity contribution in [3.05, 3.63) is 94.3 Å². The number of hydrogen-bond acceptors (Lipinski definition) is 5. The molecule has 172 valence electrons. The lowest BCUT2D eigenvalue weighted by Crippen LogP contribution is -2.14. The molecule has 2 N–H and O–H groups in total. The Kier molecular flexibility index (Phi) is 8.00. The van der Waals surface area contributed by atoms with Gasteiger partial charge < -0.3 is 10.6 Å². The first-order chi connectivity index (χ1) is 16.4. The van der Waals surface area contributed by atoms with Crippen LogP contribution in [0.2, 0.25) is 5.02 Å². The van der Waals surface area contributed by atoms with Crippen molar-refractivity contribution < 1.29 is 9.59 Å². The van der Waals surface area contributed by atoms with Gasteiger partial charge in [0.15, 0.2) is 5.13 Å². The van der Waals surface area contributed by atoms with Crippen molar-refractivity contribution in [3.8, 4) is 11.3 Å². The number of nitrogens with zero attached hydrogens (tertiary/aromatic N) is 1. The highest BCUT2D eigenvalue weighted by atomic mass is 35.5. The minimum absolute atomic E-state index is 0.101. The number of rotatable bonds is 8. The fourth-order valence-corrected chi connectivity index (χ4v) is 4.68. The number of anilines is 2. The molecule has 0 saturated heterocycles. The van der Waals surface area contributed by atoms with Gasteiger partial charge in [0.2, 0.25) is 11.8 Å². The molecular weight excluding hydrogens is 486 g/mol. The molecule has 3 aromatic carbocycles. The van der Waals surface area contributed by atoms with E-state index in [9.17, 15) is 9.59 Å². The molecule has 4 aromatic rings. The quantitative estimate of drug-likeness (QED) is 0.261. The van der Waals surface area contributed by atoms with Crippen molar-refractivity contribution in [1.29, 1.82) is 0 Å². The van der Waals surface area contributed by atoms with Gasteiger partial charge in [-0.05, 0) is 48.9 Å². The van der Waals surface area contributed by atoms with Crippen LogP contribution in [0.4, 0.5) is 10.8 Å². The first-order valence-electron chi connectivity index (χ1n) is 10.5. The van der Waals surface area contributed by atoms with Gasteiger partial charge in [0, 0.05) is 26.5 Å². The zero-order chi connectivity index (χ0) is 23.9. The van der Waals surface area contributed by atoms with Gasteiger partial charge >= 0.3 is 0 Å². The number of hydrogen-bond donors (Lipinski definition) is 2. The van der Waals surface area contributed by atoms with Gasteiger partial charge in [0.05, 0.1) is 17.9 Å². The SMILES string of the molecule is Cc1ccc(-c2csc(NC(=O)CSc3ccc(NC(=O)Cc4ccc(Cl)cc4)cc3)n2)cc1. The van der Waals surface area contributed by atoms with Gasteiger partial charge in [-0.25, -0.2) is 4.98 Å². The summed E-state index contributed by atoms with van der Waals surface area (Å²) in [5.41, 5.74) is 4.67. The predicted molar refractivity (Wildman–Crippen MR) is 142 cm³/mol. The summed E-state index contributed by atoms with van der Waals surface area (Å²) in [6, 6.07) is 22.8. The highest BCUT2D eigenvalue weighted by Crippen LogP contribution is 2.26. The lowest BCUT2D eigenvalue weighted by Gasteiger charge is -2.07. The maximum absolute atomic E-state index is 12.4. The Morgan fingerprint density at radius 2 is 1.62 bits per heavy atom. The van der Waals surface area contributed by atoms with Crippen molar-refractivity contribution in [3.63, 3.8) is 0 Å². The minimum Gasteiger partial charge on any atom is -0.326 e. The summed E-state index contributed by atoms with van der Waals surface area (Å²) in [6.07, 6.45) is 0.274. The Labute approximate surface area is 211 Å². The van der Waals surface area contributed by atoms with Crippen LogP contribution in [0.3, 0.4) is 0 Å². The molecule has 34 heavy (non-hydrogen) atoms. The molecule has 0 radical (unpaired) electrons. The van der Waals surface area contributed by atoms with E-state index in [2.05, 4.69) is 15.6 Å². The Hall–Kier alpha value is -3.13. The van der Waals surface area contributed by atoms with E-state index in [1.165, 1.54) is 28.7 Å². The van der Waals surface area contributed by atoms with Gasteiger partial charge in [-0.15, -0.1) is 23.1 Å². The fourth-order valence-electron chi connectivity index (χ4n) is 3.12. The summed E-state index contributed by atoms with van der Waals surface area (Å²) in [5.74, 6) is 0.0487. The molecule has 0 aliphatic heterocycles. The zero-order valence-electron chi connectivity index (χ0n) is 18.4. The Morgan fingerprint density at radius 1 is 0.912 bits per heavy atom. The van der Waals surface area contributed by atoms with Crippen LogP contribution in [0.15, 0.2) is 83.1 Å². The van der Waals surface area contributed by atoms with E-state index in [0.717, 1.165) is 21.7 Å². The molecule has 0 atom stereocenters. The first kappa shape index (κ1) is 24.0. The monoisotopic (exact) mass is 507 g/mol. The number of aryl methyl sites for hydroxylation is 1. The average Bonchev–Trinajstić information content (AvgIpc) is 3.29. The Balaban J connectivity index is 1.24. The fraction of sp³-hybridized carbons (Fsp3) is 0.115. The molecule has 8 heteroatoms. The highest BCUT2D eigenvalue weighted by molar-refractivity contribution is 8.00.